The molecule has 0 aliphatic heterocycles. The number of benzene rings is 1. The predicted molar refractivity (Wildman–Crippen MR) is 76.2 cm³/mol. The lowest BCUT2D eigenvalue weighted by Crippen LogP contribution is -2.23. The van der Waals surface area contributed by atoms with Crippen LogP contribution < -0.4 is 5.32 Å². The number of hydrogen-bond acceptors (Lipinski definition) is 3. The van der Waals surface area contributed by atoms with Crippen LogP contribution in [0.15, 0.2) is 42.6 Å². The van der Waals surface area contributed by atoms with Crippen LogP contribution in [0.4, 0.5) is 0 Å². The minimum atomic E-state index is -0.136. The number of carbonyl (C=O) groups excluding carboxylic acids is 1. The Kier molecular flexibility index (Phi) is 3.16. The van der Waals surface area contributed by atoms with Gasteiger partial charge in [0, 0.05) is 11.1 Å². The molecule has 0 spiro atoms. The topological polar surface area (TPSA) is 70.7 Å². The van der Waals surface area contributed by atoms with Gasteiger partial charge < -0.3 is 5.32 Å². The molecule has 1 aromatic carbocycles. The lowest BCUT2D eigenvalue weighted by atomic mass is 10.1. The minimum absolute atomic E-state index is 0.136. The maximum absolute atomic E-state index is 12.2. The minimum Gasteiger partial charge on any atom is -0.346 e. The Labute approximate surface area is 116 Å². The number of pyridine rings is 1. The van der Waals surface area contributed by atoms with Crippen LogP contribution in [0.25, 0.3) is 10.9 Å². The third kappa shape index (κ3) is 2.38. The number of amides is 1. The highest BCUT2D eigenvalue weighted by atomic mass is 16.1. The van der Waals surface area contributed by atoms with E-state index in [0.29, 0.717) is 12.1 Å². The molecule has 0 aliphatic carbocycles. The van der Waals surface area contributed by atoms with Crippen LogP contribution in [0.5, 0.6) is 0 Å². The Morgan fingerprint density at radius 3 is 2.95 bits per heavy atom. The van der Waals surface area contributed by atoms with E-state index in [-0.39, 0.29) is 5.91 Å². The first-order valence-corrected chi connectivity index (χ1v) is 6.37. The first-order valence-electron chi connectivity index (χ1n) is 6.37. The van der Waals surface area contributed by atoms with Crippen molar-refractivity contribution >= 4 is 16.8 Å². The molecule has 5 heteroatoms. The summed E-state index contributed by atoms with van der Waals surface area (Å²) in [7, 11) is 0. The van der Waals surface area contributed by atoms with Crippen molar-refractivity contribution in [2.24, 2.45) is 0 Å². The fourth-order valence-electron chi connectivity index (χ4n) is 2.12. The fraction of sp³-hybridized carbons (Fsp3) is 0.133. The number of aryl methyl sites for hydroxylation is 1. The summed E-state index contributed by atoms with van der Waals surface area (Å²) in [5.74, 6) is -0.136. The van der Waals surface area contributed by atoms with E-state index in [1.165, 1.54) is 0 Å². The third-order valence-corrected chi connectivity index (χ3v) is 3.10. The smallest absolute Gasteiger partial charge is 0.253 e. The van der Waals surface area contributed by atoms with Crippen molar-refractivity contribution in [3.05, 3.63) is 59.5 Å². The average molecular weight is 266 g/mol. The zero-order valence-electron chi connectivity index (χ0n) is 11.1. The predicted octanol–water partition coefficient (Wildman–Crippen LogP) is 2.20. The molecule has 0 bridgehead atoms. The number of fused-ring (bicyclic) bond motifs is 1. The Morgan fingerprint density at radius 1 is 1.25 bits per heavy atom. The summed E-state index contributed by atoms with van der Waals surface area (Å²) in [6, 6.07) is 11.3. The SMILES string of the molecule is Cc1cccc(CNC(=O)c2cccc3cn[nH]c23)n1. The van der Waals surface area contributed by atoms with Gasteiger partial charge in [-0.05, 0) is 25.1 Å². The van der Waals surface area contributed by atoms with E-state index in [1.54, 1.807) is 12.3 Å². The van der Waals surface area contributed by atoms with E-state index >= 15 is 0 Å². The first-order chi connectivity index (χ1) is 9.74. The zero-order chi connectivity index (χ0) is 13.9. The van der Waals surface area contributed by atoms with E-state index in [2.05, 4.69) is 20.5 Å². The summed E-state index contributed by atoms with van der Waals surface area (Å²) < 4.78 is 0. The molecule has 2 N–H and O–H groups in total. The van der Waals surface area contributed by atoms with Crippen molar-refractivity contribution in [1.29, 1.82) is 0 Å². The van der Waals surface area contributed by atoms with E-state index in [4.69, 9.17) is 0 Å². The largest absolute Gasteiger partial charge is 0.346 e. The van der Waals surface area contributed by atoms with E-state index < -0.39 is 0 Å². The molecule has 0 saturated carbocycles. The first kappa shape index (κ1) is 12.3. The maximum Gasteiger partial charge on any atom is 0.253 e. The van der Waals surface area contributed by atoms with Gasteiger partial charge in [0.25, 0.3) is 5.91 Å². The number of para-hydroxylation sites is 1. The maximum atomic E-state index is 12.2. The number of carbonyl (C=O) groups is 1. The van der Waals surface area contributed by atoms with Gasteiger partial charge in [-0.25, -0.2) is 0 Å². The quantitative estimate of drug-likeness (QED) is 0.763. The van der Waals surface area contributed by atoms with Crippen LogP contribution in [-0.4, -0.2) is 21.1 Å². The van der Waals surface area contributed by atoms with Crippen molar-refractivity contribution in [2.75, 3.05) is 0 Å². The van der Waals surface area contributed by atoms with Gasteiger partial charge in [0.15, 0.2) is 0 Å². The highest BCUT2D eigenvalue weighted by Gasteiger charge is 2.10. The van der Waals surface area contributed by atoms with Crippen LogP contribution in [0.3, 0.4) is 0 Å². The van der Waals surface area contributed by atoms with Crippen molar-refractivity contribution in [1.82, 2.24) is 20.5 Å². The number of H-pyrrole nitrogens is 1. The Hall–Kier alpha value is -2.69. The van der Waals surface area contributed by atoms with Crippen molar-refractivity contribution in [2.45, 2.75) is 13.5 Å². The molecule has 3 aromatic rings. The molecule has 1 amide bonds. The number of nitrogens with zero attached hydrogens (tertiary/aromatic N) is 2. The van der Waals surface area contributed by atoms with E-state index in [1.807, 2.05) is 37.3 Å². The highest BCUT2D eigenvalue weighted by Crippen LogP contribution is 2.15. The molecule has 0 radical (unpaired) electrons. The normalized spacial score (nSPS) is 10.7. The number of nitrogens with one attached hydrogen (secondary N) is 2. The van der Waals surface area contributed by atoms with Gasteiger partial charge in [0.05, 0.1) is 29.5 Å². The number of aromatic nitrogens is 3. The second kappa shape index (κ2) is 5.13. The summed E-state index contributed by atoms with van der Waals surface area (Å²) in [6.07, 6.45) is 1.70. The molecule has 0 aliphatic rings. The summed E-state index contributed by atoms with van der Waals surface area (Å²) >= 11 is 0. The summed E-state index contributed by atoms with van der Waals surface area (Å²) in [5, 5.41) is 10.6. The standard InChI is InChI=1S/C15H14N4O/c1-10-4-2-6-12(18-10)9-16-15(20)13-7-3-5-11-8-17-19-14(11)13/h2-8H,9H2,1H3,(H,16,20)(H,17,19). The number of hydrogen-bond donors (Lipinski definition) is 2. The summed E-state index contributed by atoms with van der Waals surface area (Å²) in [4.78, 5) is 16.6. The van der Waals surface area contributed by atoms with Crippen molar-refractivity contribution in [3.8, 4) is 0 Å². The fourth-order valence-corrected chi connectivity index (χ4v) is 2.12. The zero-order valence-corrected chi connectivity index (χ0v) is 11.1. The Morgan fingerprint density at radius 2 is 2.10 bits per heavy atom. The van der Waals surface area contributed by atoms with Gasteiger partial charge in [-0.1, -0.05) is 18.2 Å². The molecule has 3 rings (SSSR count). The van der Waals surface area contributed by atoms with Crippen LogP contribution >= 0.6 is 0 Å². The molecule has 0 saturated heterocycles. The van der Waals surface area contributed by atoms with Gasteiger partial charge in [0.1, 0.15) is 0 Å². The molecular weight excluding hydrogens is 252 g/mol. The third-order valence-electron chi connectivity index (χ3n) is 3.10. The van der Waals surface area contributed by atoms with Gasteiger partial charge in [-0.3, -0.25) is 14.9 Å². The van der Waals surface area contributed by atoms with Crippen LogP contribution in [0, 0.1) is 6.92 Å². The molecular formula is C15H14N4O. The molecule has 2 aromatic heterocycles. The van der Waals surface area contributed by atoms with Gasteiger partial charge in [-0.15, -0.1) is 0 Å². The monoisotopic (exact) mass is 266 g/mol. The van der Waals surface area contributed by atoms with Crippen LogP contribution in [0.1, 0.15) is 21.7 Å². The lowest BCUT2D eigenvalue weighted by Gasteiger charge is -2.06. The van der Waals surface area contributed by atoms with Crippen molar-refractivity contribution in [3.63, 3.8) is 0 Å². The molecule has 100 valence electrons. The second-order valence-electron chi connectivity index (χ2n) is 4.59. The van der Waals surface area contributed by atoms with Crippen LogP contribution in [0.2, 0.25) is 0 Å². The number of rotatable bonds is 3. The summed E-state index contributed by atoms with van der Waals surface area (Å²) in [5.41, 5.74) is 3.12. The van der Waals surface area contributed by atoms with Gasteiger partial charge in [-0.2, -0.15) is 5.10 Å². The van der Waals surface area contributed by atoms with Gasteiger partial charge >= 0.3 is 0 Å². The molecule has 0 fully saturated rings. The lowest BCUT2D eigenvalue weighted by molar-refractivity contribution is 0.0952. The molecule has 2 heterocycles. The Bertz CT molecular complexity index is 763. The molecule has 0 unspecified atom stereocenters. The average Bonchev–Trinajstić information content (AvgIpc) is 2.93. The van der Waals surface area contributed by atoms with E-state index in [9.17, 15) is 4.79 Å². The summed E-state index contributed by atoms with van der Waals surface area (Å²) in [6.45, 7) is 2.34. The number of aromatic amines is 1. The molecule has 5 nitrogen and oxygen atoms in total. The molecule has 20 heavy (non-hydrogen) atoms. The molecule has 0 atom stereocenters. The van der Waals surface area contributed by atoms with Gasteiger partial charge in [0.2, 0.25) is 0 Å². The van der Waals surface area contributed by atoms with Crippen molar-refractivity contribution < 1.29 is 4.79 Å². The second-order valence-corrected chi connectivity index (χ2v) is 4.59. The van der Waals surface area contributed by atoms with Crippen LogP contribution in [-0.2, 0) is 6.54 Å². The Balaban J connectivity index is 1.78. The van der Waals surface area contributed by atoms with E-state index in [0.717, 1.165) is 22.3 Å². The highest BCUT2D eigenvalue weighted by molar-refractivity contribution is 6.05.